The summed E-state index contributed by atoms with van der Waals surface area (Å²) in [6.45, 7) is 1.80. The first-order valence-electron chi connectivity index (χ1n) is 9.90. The Morgan fingerprint density at radius 3 is 2.30 bits per heavy atom. The minimum atomic E-state index is -3.60. The number of esters is 1. The van der Waals surface area contributed by atoms with Gasteiger partial charge in [-0.2, -0.15) is 0 Å². The van der Waals surface area contributed by atoms with Gasteiger partial charge in [0.15, 0.2) is 11.5 Å². The molecule has 2 aromatic rings. The Morgan fingerprint density at radius 1 is 1.09 bits per heavy atom. The summed E-state index contributed by atoms with van der Waals surface area (Å²) in [5.74, 6) is -0.453. The van der Waals surface area contributed by atoms with Gasteiger partial charge in [0.2, 0.25) is 15.9 Å². The average molecular weight is 499 g/mol. The highest BCUT2D eigenvalue weighted by Gasteiger charge is 2.22. The number of rotatable bonds is 10. The van der Waals surface area contributed by atoms with Crippen LogP contribution in [0.15, 0.2) is 30.3 Å². The van der Waals surface area contributed by atoms with Crippen molar-refractivity contribution in [2.75, 3.05) is 43.8 Å². The van der Waals surface area contributed by atoms with Crippen molar-refractivity contribution in [1.29, 1.82) is 0 Å². The Kier molecular flexibility index (Phi) is 8.95. The number of carbonyl (C=O) groups excluding carboxylic acids is 2. The zero-order chi connectivity index (χ0) is 24.8. The molecular formula is C22H27ClN2O7S. The number of anilines is 2. The molecule has 11 heteroatoms. The van der Waals surface area contributed by atoms with Crippen LogP contribution in [-0.2, 0) is 19.6 Å². The third-order valence-corrected chi connectivity index (χ3v) is 6.47. The highest BCUT2D eigenvalue weighted by atomic mass is 35.5. The number of methoxy groups -OCH3 is 3. The molecule has 0 aliphatic rings. The van der Waals surface area contributed by atoms with Gasteiger partial charge in [0, 0.05) is 30.1 Å². The predicted octanol–water partition coefficient (Wildman–Crippen LogP) is 3.64. The smallest absolute Gasteiger partial charge is 0.340 e. The molecule has 0 atom stereocenters. The van der Waals surface area contributed by atoms with Crippen molar-refractivity contribution in [3.8, 4) is 11.5 Å². The minimum absolute atomic E-state index is 0.000586. The van der Waals surface area contributed by atoms with E-state index in [4.69, 9.17) is 25.8 Å². The molecule has 0 unspecified atom stereocenters. The fraction of sp³-hybridized carbons (Fsp3) is 0.364. The summed E-state index contributed by atoms with van der Waals surface area (Å²) in [5.41, 5.74) is 1.37. The van der Waals surface area contributed by atoms with Crippen molar-refractivity contribution in [2.24, 2.45) is 0 Å². The molecule has 0 aliphatic carbocycles. The molecule has 0 saturated heterocycles. The van der Waals surface area contributed by atoms with Crippen LogP contribution in [0.2, 0.25) is 5.02 Å². The highest BCUT2D eigenvalue weighted by molar-refractivity contribution is 7.92. The predicted molar refractivity (Wildman–Crippen MR) is 127 cm³/mol. The topological polar surface area (TPSA) is 111 Å². The number of ether oxygens (including phenoxy) is 3. The third kappa shape index (κ3) is 6.52. The lowest BCUT2D eigenvalue weighted by Crippen LogP contribution is -2.32. The Morgan fingerprint density at radius 2 is 1.73 bits per heavy atom. The molecule has 180 valence electrons. The quantitative estimate of drug-likeness (QED) is 0.498. The molecule has 1 N–H and O–H groups in total. The standard InChI is InChI=1S/C22H27ClN2O7S/c1-14-16(23)8-6-9-18(14)25(33(5,28)29)11-7-10-21(26)24-17-13-20(31-3)19(30-2)12-15(17)22(27)32-4/h6,8-9,12-13H,7,10-11H2,1-5H3,(H,24,26). The fourth-order valence-electron chi connectivity index (χ4n) is 3.19. The summed E-state index contributed by atoms with van der Waals surface area (Å²) in [6, 6.07) is 7.88. The minimum Gasteiger partial charge on any atom is -0.493 e. The zero-order valence-corrected chi connectivity index (χ0v) is 20.7. The lowest BCUT2D eigenvalue weighted by Gasteiger charge is -2.24. The van der Waals surface area contributed by atoms with Gasteiger partial charge in [-0.25, -0.2) is 13.2 Å². The second kappa shape index (κ2) is 11.2. The molecule has 0 aliphatic heterocycles. The maximum Gasteiger partial charge on any atom is 0.340 e. The van der Waals surface area contributed by atoms with Gasteiger partial charge >= 0.3 is 5.97 Å². The molecular weight excluding hydrogens is 472 g/mol. The SMILES string of the molecule is COC(=O)c1cc(OC)c(OC)cc1NC(=O)CCCN(c1cccc(Cl)c1C)S(C)(=O)=O. The molecule has 0 radical (unpaired) electrons. The summed E-state index contributed by atoms with van der Waals surface area (Å²) >= 11 is 6.14. The van der Waals surface area contributed by atoms with E-state index < -0.39 is 21.9 Å². The molecule has 0 heterocycles. The van der Waals surface area contributed by atoms with E-state index in [0.29, 0.717) is 27.8 Å². The normalized spacial score (nSPS) is 11.0. The average Bonchev–Trinajstić information content (AvgIpc) is 2.77. The molecule has 0 fully saturated rings. The number of carbonyl (C=O) groups is 2. The van der Waals surface area contributed by atoms with Crippen molar-refractivity contribution >= 4 is 44.9 Å². The van der Waals surface area contributed by atoms with Gasteiger partial charge in [-0.3, -0.25) is 9.10 Å². The number of amides is 1. The van der Waals surface area contributed by atoms with Crippen LogP contribution in [0.25, 0.3) is 0 Å². The van der Waals surface area contributed by atoms with Gasteiger partial charge in [0.1, 0.15) is 0 Å². The first kappa shape index (κ1) is 26.3. The molecule has 0 aromatic heterocycles. The van der Waals surface area contributed by atoms with E-state index in [9.17, 15) is 18.0 Å². The second-order valence-electron chi connectivity index (χ2n) is 7.12. The third-order valence-electron chi connectivity index (χ3n) is 4.88. The summed E-state index contributed by atoms with van der Waals surface area (Å²) in [6.07, 6.45) is 1.33. The first-order chi connectivity index (χ1) is 15.5. The molecule has 2 rings (SSSR count). The lowest BCUT2D eigenvalue weighted by molar-refractivity contribution is -0.116. The molecule has 9 nitrogen and oxygen atoms in total. The van der Waals surface area contributed by atoms with Crippen molar-refractivity contribution < 1.29 is 32.2 Å². The van der Waals surface area contributed by atoms with E-state index in [1.807, 2.05) is 0 Å². The monoisotopic (exact) mass is 498 g/mol. The number of sulfonamides is 1. The number of nitrogens with zero attached hydrogens (tertiary/aromatic N) is 1. The lowest BCUT2D eigenvalue weighted by atomic mass is 10.1. The Balaban J connectivity index is 2.18. The van der Waals surface area contributed by atoms with Gasteiger partial charge in [-0.1, -0.05) is 17.7 Å². The summed E-state index contributed by atoms with van der Waals surface area (Å²) in [5, 5.41) is 3.11. The van der Waals surface area contributed by atoms with E-state index in [1.165, 1.54) is 37.8 Å². The Bertz CT molecular complexity index is 1140. The van der Waals surface area contributed by atoms with Gasteiger partial charge in [0.25, 0.3) is 0 Å². The van der Waals surface area contributed by atoms with E-state index in [2.05, 4.69) is 5.32 Å². The van der Waals surface area contributed by atoms with Crippen molar-refractivity contribution in [3.63, 3.8) is 0 Å². The maximum atomic E-state index is 12.6. The van der Waals surface area contributed by atoms with Gasteiger partial charge in [-0.05, 0) is 31.0 Å². The van der Waals surface area contributed by atoms with Gasteiger partial charge in [-0.15, -0.1) is 0 Å². The van der Waals surface area contributed by atoms with Crippen molar-refractivity contribution in [3.05, 3.63) is 46.5 Å². The van der Waals surface area contributed by atoms with Crippen LogP contribution in [-0.4, -0.2) is 54.4 Å². The van der Waals surface area contributed by atoms with E-state index >= 15 is 0 Å². The largest absolute Gasteiger partial charge is 0.493 e. The summed E-state index contributed by atoms with van der Waals surface area (Å²) in [7, 11) is 0.476. The molecule has 0 spiro atoms. The van der Waals surface area contributed by atoms with Crippen LogP contribution in [0.3, 0.4) is 0 Å². The number of halogens is 1. The number of hydrogen-bond acceptors (Lipinski definition) is 7. The van der Waals surface area contributed by atoms with E-state index in [0.717, 1.165) is 6.26 Å². The van der Waals surface area contributed by atoms with E-state index in [1.54, 1.807) is 25.1 Å². The fourth-order valence-corrected chi connectivity index (χ4v) is 4.37. The number of hydrogen-bond donors (Lipinski definition) is 1. The number of benzene rings is 2. The highest BCUT2D eigenvalue weighted by Crippen LogP contribution is 2.34. The van der Waals surface area contributed by atoms with Crippen LogP contribution in [0, 0.1) is 6.92 Å². The van der Waals surface area contributed by atoms with Crippen LogP contribution in [0.1, 0.15) is 28.8 Å². The van der Waals surface area contributed by atoms with Gasteiger partial charge in [0.05, 0.1) is 44.5 Å². The van der Waals surface area contributed by atoms with E-state index in [-0.39, 0.29) is 30.6 Å². The molecule has 33 heavy (non-hydrogen) atoms. The van der Waals surface area contributed by atoms with Crippen LogP contribution < -0.4 is 19.1 Å². The summed E-state index contributed by atoms with van der Waals surface area (Å²) < 4.78 is 41.1. The Labute approximate surface area is 198 Å². The molecule has 2 aromatic carbocycles. The molecule has 0 bridgehead atoms. The van der Waals surface area contributed by atoms with Gasteiger partial charge < -0.3 is 19.5 Å². The molecule has 1 amide bonds. The Hall–Kier alpha value is -2.98. The first-order valence-corrected chi connectivity index (χ1v) is 12.1. The number of nitrogens with one attached hydrogen (secondary N) is 1. The van der Waals surface area contributed by atoms with Crippen LogP contribution in [0.5, 0.6) is 11.5 Å². The van der Waals surface area contributed by atoms with Crippen LogP contribution in [0.4, 0.5) is 11.4 Å². The van der Waals surface area contributed by atoms with Crippen molar-refractivity contribution in [2.45, 2.75) is 19.8 Å². The molecule has 0 saturated carbocycles. The van der Waals surface area contributed by atoms with Crippen LogP contribution >= 0.6 is 11.6 Å². The maximum absolute atomic E-state index is 12.6. The summed E-state index contributed by atoms with van der Waals surface area (Å²) in [4.78, 5) is 24.8. The van der Waals surface area contributed by atoms with Crippen molar-refractivity contribution in [1.82, 2.24) is 0 Å². The zero-order valence-electron chi connectivity index (χ0n) is 19.1. The second-order valence-corrected chi connectivity index (χ2v) is 9.43.